The molecule has 0 unspecified atom stereocenters. The van der Waals surface area contributed by atoms with Gasteiger partial charge in [0, 0.05) is 61.6 Å². The van der Waals surface area contributed by atoms with E-state index in [2.05, 4.69) is 25.6 Å². The molecule has 268 valence electrons. The first-order valence-corrected chi connectivity index (χ1v) is 17.7. The highest BCUT2D eigenvalue weighted by Gasteiger charge is 2.28. The molecule has 3 heterocycles. The lowest BCUT2D eigenvalue weighted by molar-refractivity contribution is -0.139. The van der Waals surface area contributed by atoms with Gasteiger partial charge < -0.3 is 20.8 Å². The summed E-state index contributed by atoms with van der Waals surface area (Å²) in [6.45, 7) is 2.30. The first kappa shape index (κ1) is 37.1. The zero-order valence-corrected chi connectivity index (χ0v) is 28.3. The average Bonchev–Trinajstić information content (AvgIpc) is 3.56. The van der Waals surface area contributed by atoms with Gasteiger partial charge in [0.25, 0.3) is 15.9 Å². The number of hydrogen-bond acceptors (Lipinski definition) is 10. The molecular weight excluding hydrogens is 686 g/mol. The van der Waals surface area contributed by atoms with Crippen LogP contribution in [0.15, 0.2) is 72.1 Å². The first-order valence-electron chi connectivity index (χ1n) is 16.2. The Morgan fingerprint density at radius 3 is 2.25 bits per heavy atom. The van der Waals surface area contributed by atoms with Gasteiger partial charge in [-0.2, -0.15) is 8.42 Å². The number of carbonyl (C=O) groups is 3. The number of nitrogens with one attached hydrogen (secondary N) is 3. The van der Waals surface area contributed by atoms with E-state index in [1.807, 2.05) is 11.6 Å². The van der Waals surface area contributed by atoms with Gasteiger partial charge in [-0.1, -0.05) is 31.2 Å². The Balaban J connectivity index is 1.18. The van der Waals surface area contributed by atoms with Crippen LogP contribution in [0.4, 0.5) is 14.5 Å². The smallest absolute Gasteiger partial charge is 0.326 e. The standard InChI is InChI=1S/C35H36F2N6O7S/c1-2-32-39-17-23(18-40-32)22-10-11-33(41-16-22)51(49,50)43-28-15-26(36)25(14-27(28)37)34(46)42-30(35(47)48)12-21-8-6-20(7-9-21)4-3-5-31(45)29-13-24(44)19-38-29/h6-11,14-18,24,29-30,38,43-44H,2-5,12-13,19H2,1H3,(H,42,46)(H,47,48)/t24-,29+,30+/m1/s1. The van der Waals surface area contributed by atoms with Gasteiger partial charge in [0.1, 0.15) is 29.3 Å². The Bertz CT molecular complexity index is 2000. The molecule has 0 bridgehead atoms. The van der Waals surface area contributed by atoms with Crippen molar-refractivity contribution in [3.63, 3.8) is 0 Å². The van der Waals surface area contributed by atoms with E-state index in [0.717, 1.165) is 5.56 Å². The molecule has 2 aromatic heterocycles. The molecule has 0 spiro atoms. The number of β-amino-alcohol motifs (C(OH)–C–C–N with tert-alkyl or cyclic N) is 1. The van der Waals surface area contributed by atoms with E-state index in [1.54, 1.807) is 36.7 Å². The van der Waals surface area contributed by atoms with E-state index in [9.17, 15) is 33.0 Å². The maximum Gasteiger partial charge on any atom is 0.326 e. The molecule has 16 heteroatoms. The average molecular weight is 723 g/mol. The second kappa shape index (κ2) is 16.2. The van der Waals surface area contributed by atoms with Crippen LogP contribution >= 0.6 is 0 Å². The Morgan fingerprint density at radius 1 is 0.961 bits per heavy atom. The maximum atomic E-state index is 15.1. The number of Topliss-reactive ketones (excluding diaryl/α,β-unsaturated/α-hetero) is 1. The van der Waals surface area contributed by atoms with Crippen molar-refractivity contribution >= 4 is 33.4 Å². The molecule has 2 aromatic carbocycles. The lowest BCUT2D eigenvalue weighted by atomic mass is 9.99. The highest BCUT2D eigenvalue weighted by atomic mass is 32.2. The number of benzene rings is 2. The third-order valence-corrected chi connectivity index (χ3v) is 9.64. The summed E-state index contributed by atoms with van der Waals surface area (Å²) in [6.07, 6.45) is 6.32. The lowest BCUT2D eigenvalue weighted by Gasteiger charge is -2.16. The molecule has 1 aliphatic rings. The van der Waals surface area contributed by atoms with E-state index in [-0.39, 0.29) is 18.2 Å². The van der Waals surface area contributed by atoms with Crippen molar-refractivity contribution in [2.75, 3.05) is 11.3 Å². The van der Waals surface area contributed by atoms with Gasteiger partial charge in [-0.15, -0.1) is 0 Å². The number of halogens is 2. The second-order valence-corrected chi connectivity index (χ2v) is 13.7. The predicted octanol–water partition coefficient (Wildman–Crippen LogP) is 3.22. The number of carboxylic acid groups (broad SMARTS) is 1. The minimum Gasteiger partial charge on any atom is -0.480 e. The van der Waals surface area contributed by atoms with Gasteiger partial charge in [-0.3, -0.25) is 14.3 Å². The SMILES string of the molecule is CCc1ncc(-c2ccc(S(=O)(=O)Nc3cc(F)c(C(=O)N[C@@H](Cc4ccc(CCCC(=O)[C@@H]5C[C@@H](O)CN5)cc4)C(=O)O)cc3F)nc2)cn1. The summed E-state index contributed by atoms with van der Waals surface area (Å²) in [7, 11) is -4.48. The summed E-state index contributed by atoms with van der Waals surface area (Å²) in [5.74, 6) is -4.53. The number of ketones is 1. The fraction of sp³-hybridized carbons (Fsp3) is 0.314. The van der Waals surface area contributed by atoms with Crippen molar-refractivity contribution in [3.8, 4) is 11.1 Å². The largest absolute Gasteiger partial charge is 0.480 e. The Morgan fingerprint density at radius 2 is 1.65 bits per heavy atom. The third kappa shape index (κ3) is 9.53. The monoisotopic (exact) mass is 722 g/mol. The van der Waals surface area contributed by atoms with Crippen LogP contribution in [0.3, 0.4) is 0 Å². The molecule has 1 aliphatic heterocycles. The number of pyridine rings is 1. The van der Waals surface area contributed by atoms with Gasteiger partial charge in [-0.05, 0) is 48.6 Å². The lowest BCUT2D eigenvalue weighted by Crippen LogP contribution is -2.42. The quantitative estimate of drug-likeness (QED) is 0.121. The molecule has 13 nitrogen and oxygen atoms in total. The van der Waals surface area contributed by atoms with E-state index < -0.39 is 62.0 Å². The Hall–Kier alpha value is -5.19. The molecule has 0 aliphatic carbocycles. The molecule has 1 amide bonds. The number of anilines is 1. The van der Waals surface area contributed by atoms with Crippen molar-refractivity contribution in [2.45, 2.75) is 68.7 Å². The van der Waals surface area contributed by atoms with E-state index in [4.69, 9.17) is 0 Å². The van der Waals surface area contributed by atoms with E-state index in [1.165, 1.54) is 18.3 Å². The van der Waals surface area contributed by atoms with Crippen molar-refractivity contribution in [3.05, 3.63) is 101 Å². The van der Waals surface area contributed by atoms with Crippen LogP contribution in [-0.2, 0) is 38.9 Å². The van der Waals surface area contributed by atoms with Crippen molar-refractivity contribution in [1.29, 1.82) is 0 Å². The summed E-state index contributed by atoms with van der Waals surface area (Å²) in [6, 6.07) is 8.66. The highest BCUT2D eigenvalue weighted by Crippen LogP contribution is 2.24. The first-order chi connectivity index (χ1) is 24.3. The number of sulfonamides is 1. The number of aromatic nitrogens is 3. The van der Waals surface area contributed by atoms with Crippen molar-refractivity contribution in [1.82, 2.24) is 25.6 Å². The van der Waals surface area contributed by atoms with Gasteiger partial charge in [0.05, 0.1) is 23.4 Å². The number of aliphatic hydroxyl groups excluding tert-OH is 1. The Labute approximate surface area is 292 Å². The van der Waals surface area contributed by atoms with Gasteiger partial charge in [-0.25, -0.2) is 28.5 Å². The Kier molecular flexibility index (Phi) is 11.8. The molecule has 3 atom stereocenters. The number of aliphatic hydroxyl groups is 1. The van der Waals surface area contributed by atoms with Gasteiger partial charge >= 0.3 is 5.97 Å². The molecule has 0 saturated carbocycles. The van der Waals surface area contributed by atoms with E-state index in [0.29, 0.717) is 73.3 Å². The fourth-order valence-corrected chi connectivity index (χ4v) is 6.50. The third-order valence-electron chi connectivity index (χ3n) is 8.36. The van der Waals surface area contributed by atoms with E-state index >= 15 is 8.78 Å². The minimum atomic E-state index is -4.48. The molecule has 0 radical (unpaired) electrons. The molecule has 4 aromatic rings. The molecule has 1 saturated heterocycles. The summed E-state index contributed by atoms with van der Waals surface area (Å²) in [5, 5.41) is 24.0. The normalized spacial score (nSPS) is 16.4. The van der Waals surface area contributed by atoms with Gasteiger partial charge in [0.2, 0.25) is 0 Å². The minimum absolute atomic E-state index is 0.0413. The molecule has 5 N–H and O–H groups in total. The van der Waals surface area contributed by atoms with Crippen LogP contribution < -0.4 is 15.4 Å². The molecule has 51 heavy (non-hydrogen) atoms. The van der Waals surface area contributed by atoms with Crippen LogP contribution in [0.5, 0.6) is 0 Å². The fourth-order valence-electron chi connectivity index (χ4n) is 5.51. The molecule has 5 rings (SSSR count). The summed E-state index contributed by atoms with van der Waals surface area (Å²) in [5.41, 5.74) is 0.974. The number of carbonyl (C=O) groups excluding carboxylic acids is 2. The zero-order chi connectivity index (χ0) is 36.7. The summed E-state index contributed by atoms with van der Waals surface area (Å²) < 4.78 is 57.8. The van der Waals surface area contributed by atoms with Crippen LogP contribution in [0.1, 0.15) is 53.5 Å². The summed E-state index contributed by atoms with van der Waals surface area (Å²) >= 11 is 0. The zero-order valence-electron chi connectivity index (χ0n) is 27.5. The highest BCUT2D eigenvalue weighted by molar-refractivity contribution is 7.92. The van der Waals surface area contributed by atoms with Gasteiger partial charge in [0.15, 0.2) is 5.03 Å². The number of aliphatic carboxylic acids is 1. The number of nitrogens with zero attached hydrogens (tertiary/aromatic N) is 3. The number of aryl methyl sites for hydroxylation is 2. The topological polar surface area (TPSA) is 201 Å². The number of rotatable bonds is 15. The van der Waals surface area contributed by atoms with Crippen molar-refractivity contribution < 1.29 is 41.8 Å². The second-order valence-electron chi connectivity index (χ2n) is 12.1. The van der Waals surface area contributed by atoms with Crippen LogP contribution in [0, 0.1) is 11.6 Å². The molecule has 1 fully saturated rings. The van der Waals surface area contributed by atoms with Crippen LogP contribution in [0.2, 0.25) is 0 Å². The number of hydrogen-bond donors (Lipinski definition) is 5. The number of carboxylic acids is 1. The maximum absolute atomic E-state index is 15.1. The van der Waals surface area contributed by atoms with Crippen LogP contribution in [-0.4, -0.2) is 76.0 Å². The number of amides is 1. The summed E-state index contributed by atoms with van der Waals surface area (Å²) in [4.78, 5) is 49.4. The van der Waals surface area contributed by atoms with Crippen molar-refractivity contribution in [2.24, 2.45) is 0 Å². The van der Waals surface area contributed by atoms with Crippen LogP contribution in [0.25, 0.3) is 11.1 Å². The predicted molar refractivity (Wildman–Crippen MR) is 181 cm³/mol. The molecular formula is C35H36F2N6O7S.